The second-order valence-corrected chi connectivity index (χ2v) is 7.22. The van der Waals surface area contributed by atoms with Gasteiger partial charge in [0.2, 0.25) is 5.43 Å². The highest BCUT2D eigenvalue weighted by molar-refractivity contribution is 5.92. The van der Waals surface area contributed by atoms with Crippen molar-refractivity contribution >= 4 is 11.6 Å². The van der Waals surface area contributed by atoms with Gasteiger partial charge in [0.1, 0.15) is 5.75 Å². The van der Waals surface area contributed by atoms with E-state index in [2.05, 4.69) is 10.00 Å². The number of carbonyl (C=O) groups excluding carboxylic acids is 1. The molecule has 1 aromatic heterocycles. The molecule has 3 aromatic rings. The second kappa shape index (κ2) is 8.41. The van der Waals surface area contributed by atoms with Crippen LogP contribution in [0.5, 0.6) is 5.75 Å². The summed E-state index contributed by atoms with van der Waals surface area (Å²) in [6.45, 7) is 4.26. The van der Waals surface area contributed by atoms with Crippen molar-refractivity contribution in [2.24, 2.45) is 0 Å². The Morgan fingerprint density at radius 3 is 2.23 bits per heavy atom. The molecule has 2 aromatic carbocycles. The lowest BCUT2D eigenvalue weighted by Crippen LogP contribution is -2.50. The molecule has 4 rings (SSSR count). The van der Waals surface area contributed by atoms with E-state index in [1.54, 1.807) is 16.7 Å². The second-order valence-electron chi connectivity index (χ2n) is 7.22. The Kier molecular flexibility index (Phi) is 5.52. The normalized spacial score (nSPS) is 13.9. The van der Waals surface area contributed by atoms with Gasteiger partial charge in [-0.3, -0.25) is 9.59 Å². The quantitative estimate of drug-likeness (QED) is 0.668. The van der Waals surface area contributed by atoms with Crippen LogP contribution < -0.4 is 15.1 Å². The lowest BCUT2D eigenvalue weighted by atomic mass is 10.2. The first-order valence-corrected chi connectivity index (χ1v) is 9.91. The molecule has 0 N–H and O–H groups in total. The molecular weight excluding hydrogens is 380 g/mol. The summed E-state index contributed by atoms with van der Waals surface area (Å²) in [6.07, 6.45) is 0. The minimum absolute atomic E-state index is 0.0395. The van der Waals surface area contributed by atoms with Crippen molar-refractivity contribution in [1.82, 2.24) is 14.7 Å². The lowest BCUT2D eigenvalue weighted by Gasteiger charge is -2.36. The number of benzene rings is 2. The van der Waals surface area contributed by atoms with E-state index in [9.17, 15) is 9.59 Å². The van der Waals surface area contributed by atoms with Crippen LogP contribution in [-0.4, -0.2) is 53.9 Å². The number of amides is 1. The number of rotatable bonds is 4. The average Bonchev–Trinajstić information content (AvgIpc) is 2.79. The van der Waals surface area contributed by atoms with E-state index in [1.165, 1.54) is 6.07 Å². The van der Waals surface area contributed by atoms with Gasteiger partial charge < -0.3 is 14.5 Å². The Hall–Kier alpha value is -3.61. The molecule has 1 aliphatic heterocycles. The number of hydrogen-bond donors (Lipinski definition) is 0. The molecule has 0 atom stereocenters. The van der Waals surface area contributed by atoms with Gasteiger partial charge in [-0.2, -0.15) is 5.10 Å². The first-order valence-electron chi connectivity index (χ1n) is 9.91. The summed E-state index contributed by atoms with van der Waals surface area (Å²) < 4.78 is 6.85. The molecule has 0 spiro atoms. The molecule has 2 heterocycles. The zero-order valence-electron chi connectivity index (χ0n) is 17.1. The number of carbonyl (C=O) groups is 1. The van der Waals surface area contributed by atoms with Crippen LogP contribution >= 0.6 is 0 Å². The Bertz CT molecular complexity index is 1090. The number of piperazine rings is 1. The van der Waals surface area contributed by atoms with Crippen molar-refractivity contribution in [3.63, 3.8) is 0 Å². The van der Waals surface area contributed by atoms with Gasteiger partial charge in [-0.05, 0) is 43.3 Å². The lowest BCUT2D eigenvalue weighted by molar-refractivity contribution is 0.0737. The van der Waals surface area contributed by atoms with Crippen LogP contribution in [-0.2, 0) is 0 Å². The van der Waals surface area contributed by atoms with E-state index in [1.807, 2.05) is 61.5 Å². The number of nitrogens with zero attached hydrogens (tertiary/aromatic N) is 4. The SMILES string of the molecule is COc1ccc(N2CCN(C(=O)c3nn(-c4ccccc4)c(C)cc3=O)CC2)cc1. The number of aryl methyl sites for hydroxylation is 1. The molecule has 0 bridgehead atoms. The van der Waals surface area contributed by atoms with E-state index < -0.39 is 0 Å². The third kappa shape index (κ3) is 3.91. The largest absolute Gasteiger partial charge is 0.497 e. The maximum atomic E-state index is 13.1. The van der Waals surface area contributed by atoms with E-state index in [0.717, 1.165) is 17.1 Å². The molecule has 1 amide bonds. The van der Waals surface area contributed by atoms with E-state index in [0.29, 0.717) is 31.9 Å². The summed E-state index contributed by atoms with van der Waals surface area (Å²) in [5, 5.41) is 4.40. The van der Waals surface area contributed by atoms with Crippen LogP contribution in [0.2, 0.25) is 0 Å². The van der Waals surface area contributed by atoms with Gasteiger partial charge in [-0.1, -0.05) is 18.2 Å². The number of ether oxygens (including phenoxy) is 1. The maximum Gasteiger partial charge on any atom is 0.278 e. The van der Waals surface area contributed by atoms with Crippen molar-refractivity contribution in [2.75, 3.05) is 38.2 Å². The summed E-state index contributed by atoms with van der Waals surface area (Å²) in [7, 11) is 1.64. The molecule has 1 aliphatic rings. The number of hydrogen-bond acceptors (Lipinski definition) is 5. The Morgan fingerprint density at radius 2 is 1.60 bits per heavy atom. The minimum Gasteiger partial charge on any atom is -0.497 e. The third-order valence-corrected chi connectivity index (χ3v) is 5.32. The Balaban J connectivity index is 1.51. The fourth-order valence-electron chi connectivity index (χ4n) is 3.64. The van der Waals surface area contributed by atoms with Crippen LogP contribution in [0.1, 0.15) is 16.2 Å². The Labute approximate surface area is 175 Å². The molecule has 1 saturated heterocycles. The molecule has 0 unspecified atom stereocenters. The van der Waals surface area contributed by atoms with Crippen LogP contribution in [0, 0.1) is 6.92 Å². The van der Waals surface area contributed by atoms with Gasteiger partial charge in [-0.25, -0.2) is 4.68 Å². The molecule has 0 saturated carbocycles. The minimum atomic E-state index is -0.345. The van der Waals surface area contributed by atoms with Crippen molar-refractivity contribution in [2.45, 2.75) is 6.92 Å². The average molecular weight is 404 g/mol. The summed E-state index contributed by atoms with van der Waals surface area (Å²) in [6, 6.07) is 18.8. The van der Waals surface area contributed by atoms with Crippen molar-refractivity contribution < 1.29 is 9.53 Å². The standard InChI is InChI=1S/C23H24N4O3/c1-17-16-21(28)22(24-27(17)19-6-4-3-5-7-19)23(29)26-14-12-25(13-15-26)18-8-10-20(30-2)11-9-18/h3-11,16H,12-15H2,1-2H3. The molecule has 7 heteroatoms. The Morgan fingerprint density at radius 1 is 0.933 bits per heavy atom. The van der Waals surface area contributed by atoms with E-state index in [-0.39, 0.29) is 17.0 Å². The zero-order valence-corrected chi connectivity index (χ0v) is 17.1. The maximum absolute atomic E-state index is 13.1. The van der Waals surface area contributed by atoms with Crippen molar-refractivity contribution in [1.29, 1.82) is 0 Å². The van der Waals surface area contributed by atoms with Gasteiger partial charge in [0, 0.05) is 43.6 Å². The first kappa shape index (κ1) is 19.7. The fraction of sp³-hybridized carbons (Fsp3) is 0.261. The summed E-state index contributed by atoms with van der Waals surface area (Å²) in [4.78, 5) is 29.5. The molecule has 1 fully saturated rings. The van der Waals surface area contributed by atoms with E-state index >= 15 is 0 Å². The molecule has 0 aliphatic carbocycles. The predicted octanol–water partition coefficient (Wildman–Crippen LogP) is 2.51. The van der Waals surface area contributed by atoms with Crippen LogP contribution in [0.25, 0.3) is 5.69 Å². The summed E-state index contributed by atoms with van der Waals surface area (Å²) in [5.41, 5.74) is 2.20. The number of methoxy groups -OCH3 is 1. The number of aromatic nitrogens is 2. The van der Waals surface area contributed by atoms with Gasteiger partial charge in [0.15, 0.2) is 5.69 Å². The highest BCUT2D eigenvalue weighted by Crippen LogP contribution is 2.21. The molecular formula is C23H24N4O3. The molecule has 154 valence electrons. The summed E-state index contributed by atoms with van der Waals surface area (Å²) in [5.74, 6) is 0.492. The highest BCUT2D eigenvalue weighted by atomic mass is 16.5. The van der Waals surface area contributed by atoms with Crippen molar-refractivity contribution in [3.8, 4) is 11.4 Å². The molecule has 30 heavy (non-hydrogen) atoms. The smallest absolute Gasteiger partial charge is 0.278 e. The number of anilines is 1. The van der Waals surface area contributed by atoms with Gasteiger partial charge >= 0.3 is 0 Å². The van der Waals surface area contributed by atoms with Crippen molar-refractivity contribution in [3.05, 3.63) is 82.3 Å². The predicted molar refractivity (Wildman–Crippen MR) is 116 cm³/mol. The van der Waals surface area contributed by atoms with E-state index in [4.69, 9.17) is 4.74 Å². The zero-order chi connectivity index (χ0) is 21.1. The number of para-hydroxylation sites is 1. The third-order valence-electron chi connectivity index (χ3n) is 5.32. The fourth-order valence-corrected chi connectivity index (χ4v) is 3.64. The summed E-state index contributed by atoms with van der Waals surface area (Å²) >= 11 is 0. The van der Waals surface area contributed by atoms with Crippen LogP contribution in [0.15, 0.2) is 65.5 Å². The first-order chi connectivity index (χ1) is 14.6. The highest BCUT2D eigenvalue weighted by Gasteiger charge is 2.26. The van der Waals surface area contributed by atoms with Gasteiger partial charge in [0.05, 0.1) is 12.8 Å². The molecule has 7 nitrogen and oxygen atoms in total. The molecule has 0 radical (unpaired) electrons. The van der Waals surface area contributed by atoms with Gasteiger partial charge in [0.25, 0.3) is 5.91 Å². The monoisotopic (exact) mass is 404 g/mol. The topological polar surface area (TPSA) is 67.7 Å². The van der Waals surface area contributed by atoms with Crippen LogP contribution in [0.4, 0.5) is 5.69 Å². The van der Waals surface area contributed by atoms with Gasteiger partial charge in [-0.15, -0.1) is 0 Å². The van der Waals surface area contributed by atoms with Crippen LogP contribution in [0.3, 0.4) is 0 Å².